The second-order valence-corrected chi connectivity index (χ2v) is 12.2. The maximum Gasteiger partial charge on any atom is 0.226 e. The number of fused-ring (bicyclic) bond motifs is 2. The van der Waals surface area contributed by atoms with Crippen molar-refractivity contribution in [3.63, 3.8) is 0 Å². The number of sulfone groups is 1. The standard InChI is InChI=1S/C31H30ClN3O3S/c32-25-12-5-9-23(21-25)22-35-30-27(14-7-15-28(30)38-20-8-19-34-17-3-4-18-34)31(33-35)39(36,37)29-16-6-11-24-10-1-2-13-26(24)29/h1-2,5-7,9-16,21H,3-4,8,17-20,22H2. The average molecular weight is 560 g/mol. The zero-order valence-corrected chi connectivity index (χ0v) is 23.2. The van der Waals surface area contributed by atoms with Crippen LogP contribution in [0.5, 0.6) is 5.75 Å². The number of para-hydroxylation sites is 1. The number of halogens is 1. The number of ether oxygens (including phenoxy) is 1. The van der Waals surface area contributed by atoms with Crippen LogP contribution < -0.4 is 4.74 Å². The van der Waals surface area contributed by atoms with Gasteiger partial charge in [-0.2, -0.15) is 5.10 Å². The lowest BCUT2D eigenvalue weighted by Gasteiger charge is -2.15. The third-order valence-corrected chi connectivity index (χ3v) is 9.27. The van der Waals surface area contributed by atoms with Gasteiger partial charge in [0.25, 0.3) is 0 Å². The van der Waals surface area contributed by atoms with E-state index < -0.39 is 9.84 Å². The molecule has 2 heterocycles. The van der Waals surface area contributed by atoms with Crippen molar-refractivity contribution in [2.45, 2.75) is 35.7 Å². The first-order valence-electron chi connectivity index (χ1n) is 13.3. The predicted molar refractivity (Wildman–Crippen MR) is 155 cm³/mol. The number of likely N-dealkylation sites (tertiary alicyclic amines) is 1. The number of rotatable bonds is 9. The molecule has 0 N–H and O–H groups in total. The van der Waals surface area contributed by atoms with Gasteiger partial charge >= 0.3 is 0 Å². The van der Waals surface area contributed by atoms with Crippen LogP contribution in [0.15, 0.2) is 94.9 Å². The Morgan fingerprint density at radius 1 is 0.872 bits per heavy atom. The molecule has 0 amide bonds. The SMILES string of the molecule is O=S(=O)(c1cccc2ccccc12)c1nn(Cc2cccc(Cl)c2)c2c(OCCCN3CCCC3)cccc12. The molecular weight excluding hydrogens is 530 g/mol. The third-order valence-electron chi connectivity index (χ3n) is 7.29. The summed E-state index contributed by atoms with van der Waals surface area (Å²) in [6.45, 7) is 4.20. The van der Waals surface area contributed by atoms with Crippen LogP contribution in [-0.4, -0.2) is 49.3 Å². The van der Waals surface area contributed by atoms with E-state index in [0.29, 0.717) is 40.2 Å². The van der Waals surface area contributed by atoms with E-state index in [1.54, 1.807) is 16.8 Å². The van der Waals surface area contributed by atoms with E-state index in [2.05, 4.69) is 4.90 Å². The lowest BCUT2D eigenvalue weighted by atomic mass is 10.1. The second-order valence-electron chi connectivity index (χ2n) is 9.98. The molecule has 0 saturated carbocycles. The normalized spacial score (nSPS) is 14.4. The minimum absolute atomic E-state index is 0.0263. The Bertz CT molecular complexity index is 1740. The summed E-state index contributed by atoms with van der Waals surface area (Å²) < 4.78 is 36.3. The van der Waals surface area contributed by atoms with Gasteiger partial charge in [0.1, 0.15) is 11.3 Å². The first-order valence-corrected chi connectivity index (χ1v) is 15.2. The fraction of sp³-hybridized carbons (Fsp3) is 0.258. The van der Waals surface area contributed by atoms with Crippen LogP contribution in [0.1, 0.15) is 24.8 Å². The Morgan fingerprint density at radius 3 is 2.46 bits per heavy atom. The highest BCUT2D eigenvalue weighted by Crippen LogP contribution is 2.36. The van der Waals surface area contributed by atoms with Crippen molar-refractivity contribution >= 4 is 43.1 Å². The van der Waals surface area contributed by atoms with Gasteiger partial charge in [0.05, 0.1) is 18.0 Å². The highest BCUT2D eigenvalue weighted by atomic mass is 35.5. The summed E-state index contributed by atoms with van der Waals surface area (Å²) >= 11 is 6.26. The minimum atomic E-state index is -3.95. The second kappa shape index (κ2) is 11.0. The molecule has 6 rings (SSSR count). The molecule has 0 radical (unpaired) electrons. The fourth-order valence-electron chi connectivity index (χ4n) is 5.42. The molecule has 1 saturated heterocycles. The van der Waals surface area contributed by atoms with E-state index in [-0.39, 0.29) is 9.92 Å². The molecule has 4 aromatic carbocycles. The summed E-state index contributed by atoms with van der Waals surface area (Å²) in [6.07, 6.45) is 3.42. The highest BCUT2D eigenvalue weighted by Gasteiger charge is 2.28. The summed E-state index contributed by atoms with van der Waals surface area (Å²) in [7, 11) is -3.95. The van der Waals surface area contributed by atoms with E-state index in [9.17, 15) is 8.42 Å². The summed E-state index contributed by atoms with van der Waals surface area (Å²) in [5.74, 6) is 0.628. The number of hydrogen-bond acceptors (Lipinski definition) is 5. The molecule has 6 nitrogen and oxygen atoms in total. The topological polar surface area (TPSA) is 64.4 Å². The van der Waals surface area contributed by atoms with Gasteiger partial charge in [-0.1, -0.05) is 66.2 Å². The van der Waals surface area contributed by atoms with Crippen LogP contribution in [-0.2, 0) is 16.4 Å². The molecule has 1 aliphatic rings. The molecule has 39 heavy (non-hydrogen) atoms. The molecule has 1 fully saturated rings. The van der Waals surface area contributed by atoms with Gasteiger partial charge in [0.15, 0.2) is 5.03 Å². The smallest absolute Gasteiger partial charge is 0.226 e. The number of hydrogen-bond donors (Lipinski definition) is 0. The van der Waals surface area contributed by atoms with Gasteiger partial charge in [-0.15, -0.1) is 0 Å². The summed E-state index contributed by atoms with van der Waals surface area (Å²) in [4.78, 5) is 2.70. The van der Waals surface area contributed by atoms with E-state index in [1.165, 1.54) is 12.8 Å². The lowest BCUT2D eigenvalue weighted by Crippen LogP contribution is -2.22. The Labute approximate surface area is 233 Å². The Hall–Kier alpha value is -3.39. The maximum absolute atomic E-state index is 14.2. The lowest BCUT2D eigenvalue weighted by molar-refractivity contribution is 0.264. The van der Waals surface area contributed by atoms with Crippen LogP contribution in [0, 0.1) is 0 Å². The molecule has 1 aromatic heterocycles. The molecule has 0 aliphatic carbocycles. The van der Waals surface area contributed by atoms with Gasteiger partial charge in [-0.05, 0) is 73.6 Å². The van der Waals surface area contributed by atoms with Crippen molar-refractivity contribution < 1.29 is 13.2 Å². The maximum atomic E-state index is 14.2. The van der Waals surface area contributed by atoms with Gasteiger partial charge in [-0.3, -0.25) is 4.68 Å². The van der Waals surface area contributed by atoms with Gasteiger partial charge in [0.2, 0.25) is 9.84 Å². The average Bonchev–Trinajstić information content (AvgIpc) is 3.60. The van der Waals surface area contributed by atoms with Crippen molar-refractivity contribution in [1.29, 1.82) is 0 Å². The van der Waals surface area contributed by atoms with E-state index in [1.807, 2.05) is 72.8 Å². The molecule has 0 spiro atoms. The number of nitrogens with zero attached hydrogens (tertiary/aromatic N) is 3. The van der Waals surface area contributed by atoms with Gasteiger partial charge in [-0.25, -0.2) is 8.42 Å². The van der Waals surface area contributed by atoms with Crippen LogP contribution >= 0.6 is 11.6 Å². The first-order chi connectivity index (χ1) is 19.0. The molecule has 200 valence electrons. The van der Waals surface area contributed by atoms with Crippen LogP contribution in [0.2, 0.25) is 5.02 Å². The third kappa shape index (κ3) is 5.26. The first kappa shape index (κ1) is 25.9. The Morgan fingerprint density at radius 2 is 1.62 bits per heavy atom. The summed E-state index contributed by atoms with van der Waals surface area (Å²) in [5, 5.41) is 7.44. The van der Waals surface area contributed by atoms with Crippen molar-refractivity contribution in [2.75, 3.05) is 26.2 Å². The molecule has 0 atom stereocenters. The van der Waals surface area contributed by atoms with Crippen molar-refractivity contribution in [2.24, 2.45) is 0 Å². The molecule has 0 bridgehead atoms. The predicted octanol–water partition coefficient (Wildman–Crippen LogP) is 6.59. The molecule has 5 aromatic rings. The molecular formula is C31H30ClN3O3S. The highest BCUT2D eigenvalue weighted by molar-refractivity contribution is 7.91. The zero-order valence-electron chi connectivity index (χ0n) is 21.6. The summed E-state index contributed by atoms with van der Waals surface area (Å²) in [5.41, 5.74) is 1.59. The van der Waals surface area contributed by atoms with Crippen LogP contribution in [0.25, 0.3) is 21.7 Å². The fourth-order valence-corrected chi connectivity index (χ4v) is 7.24. The van der Waals surface area contributed by atoms with Gasteiger partial charge in [0, 0.05) is 22.3 Å². The molecule has 0 unspecified atom stereocenters. The van der Waals surface area contributed by atoms with Crippen molar-refractivity contribution in [3.05, 3.63) is 95.5 Å². The zero-order chi connectivity index (χ0) is 26.8. The van der Waals surface area contributed by atoms with Crippen molar-refractivity contribution in [1.82, 2.24) is 14.7 Å². The van der Waals surface area contributed by atoms with Crippen LogP contribution in [0.4, 0.5) is 0 Å². The Kier molecular flexibility index (Phi) is 7.30. The molecule has 1 aliphatic heterocycles. The minimum Gasteiger partial charge on any atom is -0.491 e. The summed E-state index contributed by atoms with van der Waals surface area (Å²) in [6, 6.07) is 25.9. The number of benzene rings is 4. The van der Waals surface area contributed by atoms with Crippen LogP contribution in [0.3, 0.4) is 0 Å². The monoisotopic (exact) mass is 559 g/mol. The van der Waals surface area contributed by atoms with Crippen molar-refractivity contribution in [3.8, 4) is 5.75 Å². The van der Waals surface area contributed by atoms with Gasteiger partial charge < -0.3 is 9.64 Å². The van der Waals surface area contributed by atoms with E-state index >= 15 is 0 Å². The Balaban J connectivity index is 1.42. The quantitative estimate of drug-likeness (QED) is 0.191. The molecule has 8 heteroatoms. The largest absolute Gasteiger partial charge is 0.491 e. The van der Waals surface area contributed by atoms with E-state index in [4.69, 9.17) is 21.4 Å². The number of aromatic nitrogens is 2. The van der Waals surface area contributed by atoms with E-state index in [0.717, 1.165) is 37.0 Å².